The summed E-state index contributed by atoms with van der Waals surface area (Å²) in [6, 6.07) is 13.0. The lowest BCUT2D eigenvalue weighted by atomic mass is 9.99. The van der Waals surface area contributed by atoms with Crippen molar-refractivity contribution in [3.05, 3.63) is 75.2 Å². The maximum atomic E-state index is 14.8. The fourth-order valence-electron chi connectivity index (χ4n) is 4.23. The molecule has 1 saturated heterocycles. The van der Waals surface area contributed by atoms with E-state index < -0.39 is 11.2 Å². The van der Waals surface area contributed by atoms with E-state index in [0.29, 0.717) is 36.6 Å². The van der Waals surface area contributed by atoms with Gasteiger partial charge in [0.05, 0.1) is 30.7 Å². The van der Waals surface area contributed by atoms with Crippen LogP contribution in [0.1, 0.15) is 36.8 Å². The van der Waals surface area contributed by atoms with Crippen molar-refractivity contribution in [1.82, 2.24) is 9.78 Å². The fourth-order valence-corrected chi connectivity index (χ4v) is 4.43. The minimum Gasteiger partial charge on any atom is -0.457 e. The van der Waals surface area contributed by atoms with Crippen LogP contribution < -0.4 is 21.3 Å². The van der Waals surface area contributed by atoms with E-state index in [9.17, 15) is 9.18 Å². The first-order valence-corrected chi connectivity index (χ1v) is 12.1. The maximum Gasteiger partial charge on any atom is 0.292 e. The normalized spacial score (nSPS) is 20.9. The summed E-state index contributed by atoms with van der Waals surface area (Å²) in [6.45, 7) is 2.57. The number of nitrogens with two attached hydrogens (primary N) is 1. The molecule has 1 atom stereocenters. The zero-order chi connectivity index (χ0) is 24.6. The average Bonchev–Trinajstić information content (AvgIpc) is 3.61. The summed E-state index contributed by atoms with van der Waals surface area (Å²) >= 11 is 6.29. The summed E-state index contributed by atoms with van der Waals surface area (Å²) in [7, 11) is 0. The van der Waals surface area contributed by atoms with Gasteiger partial charge in [-0.1, -0.05) is 23.7 Å². The van der Waals surface area contributed by atoms with Crippen molar-refractivity contribution < 1.29 is 13.9 Å². The lowest BCUT2D eigenvalue weighted by Crippen LogP contribution is -2.40. The predicted octanol–water partition coefficient (Wildman–Crippen LogP) is 4.87. The number of benzene rings is 2. The summed E-state index contributed by atoms with van der Waals surface area (Å²) in [4.78, 5) is 12.8. The van der Waals surface area contributed by atoms with Gasteiger partial charge in [-0.15, -0.1) is 0 Å². The number of rotatable bonds is 7. The Morgan fingerprint density at radius 3 is 2.66 bits per heavy atom. The van der Waals surface area contributed by atoms with E-state index in [1.54, 1.807) is 24.3 Å². The Balaban J connectivity index is 1.28. The van der Waals surface area contributed by atoms with Gasteiger partial charge in [0.1, 0.15) is 16.5 Å². The highest BCUT2D eigenvalue weighted by atomic mass is 35.5. The summed E-state index contributed by atoms with van der Waals surface area (Å²) in [6.07, 6.45) is 4.50. The molecule has 5 rings (SSSR count). The number of ether oxygens (including phenoxy) is 2. The molecule has 1 aromatic heterocycles. The van der Waals surface area contributed by atoms with E-state index in [1.807, 2.05) is 19.1 Å². The minimum atomic E-state index is -1.49. The maximum absolute atomic E-state index is 14.8. The number of anilines is 1. The second-order valence-corrected chi connectivity index (χ2v) is 9.86. The molecule has 0 bridgehead atoms. The van der Waals surface area contributed by atoms with Gasteiger partial charge in [-0.05, 0) is 74.1 Å². The van der Waals surface area contributed by atoms with E-state index in [2.05, 4.69) is 16.5 Å². The quantitative estimate of drug-likeness (QED) is 0.483. The van der Waals surface area contributed by atoms with Crippen LogP contribution in [0.5, 0.6) is 11.5 Å². The van der Waals surface area contributed by atoms with Crippen molar-refractivity contribution in [3.8, 4) is 17.2 Å². The molecule has 2 heterocycles. The molecule has 2 aromatic carbocycles. The second-order valence-electron chi connectivity index (χ2n) is 9.48. The fraction of sp³-hybridized carbons (Fsp3) is 0.385. The van der Waals surface area contributed by atoms with Gasteiger partial charge in [0.25, 0.3) is 5.56 Å². The van der Waals surface area contributed by atoms with Crippen LogP contribution in [0, 0.1) is 6.92 Å². The minimum absolute atomic E-state index is 0.00342. The predicted molar refractivity (Wildman–Crippen MR) is 134 cm³/mol. The molecule has 7 nitrogen and oxygen atoms in total. The van der Waals surface area contributed by atoms with Crippen molar-refractivity contribution in [3.63, 3.8) is 0 Å². The van der Waals surface area contributed by atoms with E-state index in [-0.39, 0.29) is 23.7 Å². The molecule has 9 heteroatoms. The number of halogens is 2. The molecular formula is C26H28ClFN4O3. The number of nitrogens with zero attached hydrogens (tertiary/aromatic N) is 2. The molecule has 1 aliphatic carbocycles. The first-order valence-electron chi connectivity index (χ1n) is 11.7. The van der Waals surface area contributed by atoms with Crippen LogP contribution in [0.2, 0.25) is 5.02 Å². The molecule has 2 aliphatic rings. The molecule has 3 aromatic rings. The number of aryl methyl sites for hydroxylation is 1. The third-order valence-corrected chi connectivity index (χ3v) is 7.00. The lowest BCUT2D eigenvalue weighted by Gasteiger charge is -2.29. The topological polar surface area (TPSA) is 91.4 Å². The molecular weight excluding hydrogens is 471 g/mol. The van der Waals surface area contributed by atoms with E-state index in [4.69, 9.17) is 26.8 Å². The van der Waals surface area contributed by atoms with Crippen molar-refractivity contribution in [2.24, 2.45) is 5.73 Å². The molecule has 1 saturated carbocycles. The van der Waals surface area contributed by atoms with Crippen LogP contribution in [-0.4, -0.2) is 35.2 Å². The Bertz CT molecular complexity index is 1280. The Labute approximate surface area is 208 Å². The van der Waals surface area contributed by atoms with Crippen molar-refractivity contribution in [2.45, 2.75) is 43.8 Å². The van der Waals surface area contributed by atoms with Gasteiger partial charge in [-0.25, -0.2) is 4.39 Å². The van der Waals surface area contributed by atoms with Gasteiger partial charge in [0.2, 0.25) is 0 Å². The van der Waals surface area contributed by atoms with Gasteiger partial charge in [0.15, 0.2) is 5.67 Å². The molecule has 35 heavy (non-hydrogen) atoms. The molecule has 3 N–H and O–H groups in total. The molecule has 2 fully saturated rings. The highest BCUT2D eigenvalue weighted by Gasteiger charge is 2.40. The van der Waals surface area contributed by atoms with Gasteiger partial charge < -0.3 is 20.5 Å². The molecule has 0 unspecified atom stereocenters. The van der Waals surface area contributed by atoms with Crippen molar-refractivity contribution >= 4 is 17.3 Å². The SMILES string of the molecule is Cc1cc(C2(N)CC2)ccc1Oc1ccc(-n2ncc(NC[C@@]3(F)CCCOC3)c(Cl)c2=O)cc1. The third kappa shape index (κ3) is 5.05. The number of alkyl halides is 1. The van der Waals surface area contributed by atoms with Crippen LogP contribution in [0.3, 0.4) is 0 Å². The highest BCUT2D eigenvalue weighted by molar-refractivity contribution is 6.32. The van der Waals surface area contributed by atoms with Crippen LogP contribution in [0.4, 0.5) is 10.1 Å². The zero-order valence-electron chi connectivity index (χ0n) is 19.5. The Kier molecular flexibility index (Phi) is 6.29. The number of hydrogen-bond donors (Lipinski definition) is 2. The first kappa shape index (κ1) is 23.8. The largest absolute Gasteiger partial charge is 0.457 e. The van der Waals surface area contributed by atoms with Gasteiger partial charge >= 0.3 is 0 Å². The Morgan fingerprint density at radius 2 is 2.00 bits per heavy atom. The second kappa shape index (κ2) is 9.26. The Hall–Kier alpha value is -2.94. The van der Waals surface area contributed by atoms with Crippen LogP contribution in [0.15, 0.2) is 53.5 Å². The molecule has 0 amide bonds. The van der Waals surface area contributed by atoms with Gasteiger partial charge in [-0.2, -0.15) is 9.78 Å². The van der Waals surface area contributed by atoms with Crippen LogP contribution in [0.25, 0.3) is 5.69 Å². The van der Waals surface area contributed by atoms with Gasteiger partial charge in [-0.3, -0.25) is 4.79 Å². The summed E-state index contributed by atoms with van der Waals surface area (Å²) in [5, 5.41) is 7.07. The van der Waals surface area contributed by atoms with Gasteiger partial charge in [0, 0.05) is 12.1 Å². The van der Waals surface area contributed by atoms with E-state index in [1.165, 1.54) is 10.9 Å². The van der Waals surface area contributed by atoms with Crippen LogP contribution >= 0.6 is 11.6 Å². The summed E-state index contributed by atoms with van der Waals surface area (Å²) in [5.41, 5.74) is 7.07. The van der Waals surface area contributed by atoms with Crippen molar-refractivity contribution in [2.75, 3.05) is 25.1 Å². The molecule has 0 spiro atoms. The van der Waals surface area contributed by atoms with Crippen molar-refractivity contribution in [1.29, 1.82) is 0 Å². The monoisotopic (exact) mass is 498 g/mol. The summed E-state index contributed by atoms with van der Waals surface area (Å²) in [5.74, 6) is 1.37. The third-order valence-electron chi connectivity index (χ3n) is 6.64. The highest BCUT2D eigenvalue weighted by Crippen LogP contribution is 2.43. The number of aromatic nitrogens is 2. The molecule has 0 radical (unpaired) electrons. The standard InChI is InChI=1S/C26H28ClFN4O3/c1-17-13-18(26(29)10-11-26)3-8-22(17)35-20-6-4-19(5-7-20)32-24(33)23(27)21(14-31-32)30-15-25(28)9-2-12-34-16-25/h3-8,13-14,30H,2,9-12,15-16,29H2,1H3/t25-/m0/s1. The number of nitrogens with one attached hydrogen (secondary N) is 1. The average molecular weight is 499 g/mol. The summed E-state index contributed by atoms with van der Waals surface area (Å²) < 4.78 is 27.2. The Morgan fingerprint density at radius 1 is 1.23 bits per heavy atom. The first-order chi connectivity index (χ1) is 16.8. The smallest absolute Gasteiger partial charge is 0.292 e. The zero-order valence-corrected chi connectivity index (χ0v) is 20.3. The van der Waals surface area contributed by atoms with Crippen LogP contribution in [-0.2, 0) is 10.3 Å². The molecule has 184 valence electrons. The molecule has 1 aliphatic heterocycles. The van der Waals surface area contributed by atoms with E-state index >= 15 is 0 Å². The number of hydrogen-bond acceptors (Lipinski definition) is 6. The van der Waals surface area contributed by atoms with E-state index in [0.717, 1.165) is 29.7 Å². The lowest BCUT2D eigenvalue weighted by molar-refractivity contribution is -0.0234.